The molecule has 1 aliphatic carbocycles. The van der Waals surface area contributed by atoms with Gasteiger partial charge in [-0.25, -0.2) is 4.79 Å². The van der Waals surface area contributed by atoms with E-state index < -0.39 is 12.0 Å². The van der Waals surface area contributed by atoms with E-state index in [1.54, 1.807) is 0 Å². The molecule has 1 saturated carbocycles. The van der Waals surface area contributed by atoms with Gasteiger partial charge in [0, 0.05) is 12.3 Å². The van der Waals surface area contributed by atoms with E-state index >= 15 is 0 Å². The monoisotopic (exact) mass is 266 g/mol. The molecular formula is C14H22N2O3. The van der Waals surface area contributed by atoms with E-state index in [1.807, 2.05) is 6.07 Å². The van der Waals surface area contributed by atoms with Crippen molar-refractivity contribution in [1.82, 2.24) is 5.32 Å². The summed E-state index contributed by atoms with van der Waals surface area (Å²) in [7, 11) is 0. The number of hydrogen-bond acceptors (Lipinski definition) is 3. The summed E-state index contributed by atoms with van der Waals surface area (Å²) in [5.74, 6) is -1.12. The predicted molar refractivity (Wildman–Crippen MR) is 70.2 cm³/mol. The van der Waals surface area contributed by atoms with Gasteiger partial charge in [0.25, 0.3) is 0 Å². The minimum absolute atomic E-state index is 0.0188. The van der Waals surface area contributed by atoms with Gasteiger partial charge in [-0.15, -0.1) is 0 Å². The molecule has 0 spiro atoms. The Kier molecular flexibility index (Phi) is 6.94. The first-order valence-corrected chi connectivity index (χ1v) is 7.05. The molecule has 2 N–H and O–H groups in total. The summed E-state index contributed by atoms with van der Waals surface area (Å²) < 4.78 is 0. The molecule has 1 amide bonds. The zero-order chi connectivity index (χ0) is 14.1. The Hall–Kier alpha value is -1.57. The summed E-state index contributed by atoms with van der Waals surface area (Å²) in [6, 6.07) is 1.22. The van der Waals surface area contributed by atoms with Gasteiger partial charge in [0.05, 0.1) is 6.07 Å². The molecule has 0 saturated heterocycles. The summed E-state index contributed by atoms with van der Waals surface area (Å²) in [4.78, 5) is 23.1. The van der Waals surface area contributed by atoms with E-state index in [0.29, 0.717) is 25.7 Å². The molecule has 0 radical (unpaired) electrons. The number of nitrogens with one attached hydrogen (secondary N) is 1. The lowest BCUT2D eigenvalue weighted by Crippen LogP contribution is -2.44. The summed E-state index contributed by atoms with van der Waals surface area (Å²) in [6.07, 6.45) is 7.17. The first-order valence-electron chi connectivity index (χ1n) is 7.05. The number of carboxylic acid groups (broad SMARTS) is 1. The lowest BCUT2D eigenvalue weighted by molar-refractivity contribution is -0.142. The van der Waals surface area contributed by atoms with Crippen molar-refractivity contribution in [3.05, 3.63) is 0 Å². The fourth-order valence-electron chi connectivity index (χ4n) is 2.46. The standard InChI is InChI=1S/C14H22N2O3/c15-10-6-2-5-9-12(14(18)19)16-13(17)11-7-3-1-4-8-11/h11-12H,1-9H2,(H,16,17)(H,18,19)/t12-/m1/s1. The van der Waals surface area contributed by atoms with Crippen LogP contribution in [0.25, 0.3) is 0 Å². The second-order valence-electron chi connectivity index (χ2n) is 5.14. The molecule has 0 aliphatic heterocycles. The van der Waals surface area contributed by atoms with Crippen molar-refractivity contribution in [2.24, 2.45) is 5.92 Å². The molecule has 0 aromatic heterocycles. The number of rotatable bonds is 7. The predicted octanol–water partition coefficient (Wildman–Crippen LogP) is 2.22. The Morgan fingerprint density at radius 3 is 2.53 bits per heavy atom. The van der Waals surface area contributed by atoms with Crippen LogP contribution >= 0.6 is 0 Å². The average Bonchev–Trinajstić information content (AvgIpc) is 2.42. The molecule has 0 aromatic rings. The Balaban J connectivity index is 2.37. The van der Waals surface area contributed by atoms with E-state index in [1.165, 1.54) is 6.42 Å². The van der Waals surface area contributed by atoms with Gasteiger partial charge in [0.2, 0.25) is 5.91 Å². The average molecular weight is 266 g/mol. The van der Waals surface area contributed by atoms with E-state index in [0.717, 1.165) is 25.7 Å². The van der Waals surface area contributed by atoms with Crippen LogP contribution < -0.4 is 5.32 Å². The second kappa shape index (κ2) is 8.52. The van der Waals surface area contributed by atoms with Crippen LogP contribution in [0.2, 0.25) is 0 Å². The summed E-state index contributed by atoms with van der Waals surface area (Å²) in [6.45, 7) is 0. The van der Waals surface area contributed by atoms with Gasteiger partial charge >= 0.3 is 5.97 Å². The maximum Gasteiger partial charge on any atom is 0.326 e. The Morgan fingerprint density at radius 2 is 1.95 bits per heavy atom. The molecule has 0 unspecified atom stereocenters. The molecule has 19 heavy (non-hydrogen) atoms. The fourth-order valence-corrected chi connectivity index (χ4v) is 2.46. The molecule has 5 nitrogen and oxygen atoms in total. The van der Waals surface area contributed by atoms with Crippen molar-refractivity contribution in [1.29, 1.82) is 5.26 Å². The third-order valence-electron chi connectivity index (χ3n) is 3.62. The lowest BCUT2D eigenvalue weighted by Gasteiger charge is -2.23. The van der Waals surface area contributed by atoms with Gasteiger partial charge in [0.15, 0.2) is 0 Å². The highest BCUT2D eigenvalue weighted by Crippen LogP contribution is 2.23. The van der Waals surface area contributed by atoms with Gasteiger partial charge in [-0.1, -0.05) is 19.3 Å². The Morgan fingerprint density at radius 1 is 1.26 bits per heavy atom. The molecule has 0 bridgehead atoms. The summed E-state index contributed by atoms with van der Waals surface area (Å²) in [5, 5.41) is 20.2. The van der Waals surface area contributed by atoms with Crippen LogP contribution in [0.3, 0.4) is 0 Å². The van der Waals surface area contributed by atoms with Crippen molar-refractivity contribution in [3.8, 4) is 6.07 Å². The van der Waals surface area contributed by atoms with Gasteiger partial charge in [-0.3, -0.25) is 4.79 Å². The van der Waals surface area contributed by atoms with Crippen molar-refractivity contribution < 1.29 is 14.7 Å². The largest absolute Gasteiger partial charge is 0.480 e. The number of aliphatic carboxylic acids is 1. The summed E-state index contributed by atoms with van der Waals surface area (Å²) in [5.41, 5.74) is 0. The minimum Gasteiger partial charge on any atom is -0.480 e. The van der Waals surface area contributed by atoms with Gasteiger partial charge in [-0.2, -0.15) is 5.26 Å². The molecule has 5 heteroatoms. The SMILES string of the molecule is N#CCCCC[C@@H](NC(=O)C1CCCCC1)C(=O)O. The quantitative estimate of drug-likeness (QED) is 0.691. The number of carbonyl (C=O) groups excluding carboxylic acids is 1. The van der Waals surface area contributed by atoms with Crippen LogP contribution in [0.1, 0.15) is 57.8 Å². The third kappa shape index (κ3) is 5.73. The number of carbonyl (C=O) groups is 2. The molecule has 1 aliphatic rings. The number of nitrogens with zero attached hydrogens (tertiary/aromatic N) is 1. The van der Waals surface area contributed by atoms with E-state index in [2.05, 4.69) is 5.32 Å². The van der Waals surface area contributed by atoms with Crippen molar-refractivity contribution in [3.63, 3.8) is 0 Å². The molecule has 106 valence electrons. The highest BCUT2D eigenvalue weighted by Gasteiger charge is 2.25. The van der Waals surface area contributed by atoms with Crippen LogP contribution in [0.5, 0.6) is 0 Å². The number of hydrogen-bond donors (Lipinski definition) is 2. The van der Waals surface area contributed by atoms with E-state index in [4.69, 9.17) is 10.4 Å². The highest BCUT2D eigenvalue weighted by molar-refractivity contribution is 5.84. The van der Waals surface area contributed by atoms with Gasteiger partial charge in [0.1, 0.15) is 6.04 Å². The normalized spacial score (nSPS) is 17.4. The maximum absolute atomic E-state index is 12.0. The smallest absolute Gasteiger partial charge is 0.326 e. The van der Waals surface area contributed by atoms with Crippen LogP contribution in [-0.4, -0.2) is 23.0 Å². The molecular weight excluding hydrogens is 244 g/mol. The lowest BCUT2D eigenvalue weighted by atomic mass is 9.88. The third-order valence-corrected chi connectivity index (χ3v) is 3.62. The molecule has 1 rings (SSSR count). The van der Waals surface area contributed by atoms with Crippen LogP contribution in [0.4, 0.5) is 0 Å². The van der Waals surface area contributed by atoms with Crippen molar-refractivity contribution in [2.45, 2.75) is 63.8 Å². The van der Waals surface area contributed by atoms with Crippen molar-refractivity contribution in [2.75, 3.05) is 0 Å². The second-order valence-corrected chi connectivity index (χ2v) is 5.14. The van der Waals surface area contributed by atoms with Crippen LogP contribution in [0, 0.1) is 17.2 Å². The minimum atomic E-state index is -0.985. The van der Waals surface area contributed by atoms with Crippen molar-refractivity contribution >= 4 is 11.9 Å². The molecule has 1 fully saturated rings. The molecule has 1 atom stereocenters. The Bertz CT molecular complexity index is 343. The van der Waals surface area contributed by atoms with Crippen LogP contribution in [-0.2, 0) is 9.59 Å². The molecule has 0 aromatic carbocycles. The molecule has 0 heterocycles. The zero-order valence-corrected chi connectivity index (χ0v) is 11.2. The first kappa shape index (κ1) is 15.5. The highest BCUT2D eigenvalue weighted by atomic mass is 16.4. The fraction of sp³-hybridized carbons (Fsp3) is 0.786. The maximum atomic E-state index is 12.0. The number of carboxylic acids is 1. The topological polar surface area (TPSA) is 90.2 Å². The van der Waals surface area contributed by atoms with E-state index in [-0.39, 0.29) is 11.8 Å². The number of unbranched alkanes of at least 4 members (excludes halogenated alkanes) is 2. The Labute approximate surface area is 114 Å². The van der Waals surface area contributed by atoms with Gasteiger partial charge < -0.3 is 10.4 Å². The van der Waals surface area contributed by atoms with E-state index in [9.17, 15) is 9.59 Å². The zero-order valence-electron chi connectivity index (χ0n) is 11.2. The first-order chi connectivity index (χ1) is 9.15. The summed E-state index contributed by atoms with van der Waals surface area (Å²) >= 11 is 0. The number of amides is 1. The van der Waals surface area contributed by atoms with Crippen LogP contribution in [0.15, 0.2) is 0 Å². The number of nitriles is 1. The van der Waals surface area contributed by atoms with Gasteiger partial charge in [-0.05, 0) is 32.1 Å².